The monoisotopic (exact) mass is 227 g/mol. The molecular weight excluding hydrogens is 206 g/mol. The molecule has 0 saturated carbocycles. The fourth-order valence-corrected chi connectivity index (χ4v) is 2.05. The molecule has 1 rings (SSSR count). The zero-order chi connectivity index (χ0) is 12.0. The number of Topliss-reactive ketones (excluding diaryl/α,β-unsaturated/α-hetero) is 1. The fraction of sp³-hybridized carbons (Fsp3) is 0.833. The number of ketones is 1. The van der Waals surface area contributed by atoms with Gasteiger partial charge in [0.1, 0.15) is 5.78 Å². The van der Waals surface area contributed by atoms with Crippen LogP contribution in [0.15, 0.2) is 0 Å². The highest BCUT2D eigenvalue weighted by Gasteiger charge is 2.22. The second kappa shape index (κ2) is 6.63. The number of hydrogen-bond donors (Lipinski definition) is 0. The second-order valence-electron chi connectivity index (χ2n) is 4.28. The zero-order valence-electron chi connectivity index (χ0n) is 10.2. The van der Waals surface area contributed by atoms with E-state index >= 15 is 0 Å². The van der Waals surface area contributed by atoms with E-state index in [4.69, 9.17) is 4.74 Å². The standard InChI is InChI=1S/C12H21NO3/c1-3-16-12(15)6-9-13-7-4-11(5-8-13)10(2)14/h11H,3-9H2,1-2H3. The van der Waals surface area contributed by atoms with Gasteiger partial charge in [0.15, 0.2) is 0 Å². The molecule has 4 heteroatoms. The Balaban J connectivity index is 2.17. The summed E-state index contributed by atoms with van der Waals surface area (Å²) in [7, 11) is 0. The van der Waals surface area contributed by atoms with Gasteiger partial charge in [-0.25, -0.2) is 0 Å². The van der Waals surface area contributed by atoms with Crippen molar-refractivity contribution in [2.45, 2.75) is 33.1 Å². The highest BCUT2D eigenvalue weighted by molar-refractivity contribution is 5.78. The lowest BCUT2D eigenvalue weighted by Gasteiger charge is -2.30. The summed E-state index contributed by atoms with van der Waals surface area (Å²) in [6.45, 7) is 6.52. The predicted octanol–water partition coefficient (Wildman–Crippen LogP) is 1.24. The molecule has 1 aliphatic rings. The molecule has 0 aromatic carbocycles. The fourth-order valence-electron chi connectivity index (χ4n) is 2.05. The molecule has 1 saturated heterocycles. The number of carbonyl (C=O) groups is 2. The van der Waals surface area contributed by atoms with Gasteiger partial charge >= 0.3 is 5.97 Å². The van der Waals surface area contributed by atoms with E-state index < -0.39 is 0 Å². The quantitative estimate of drug-likeness (QED) is 0.663. The van der Waals surface area contributed by atoms with Gasteiger partial charge in [-0.2, -0.15) is 0 Å². The highest BCUT2D eigenvalue weighted by atomic mass is 16.5. The Kier molecular flexibility index (Phi) is 5.46. The number of carbonyl (C=O) groups excluding carboxylic acids is 2. The van der Waals surface area contributed by atoms with E-state index in [1.165, 1.54) is 0 Å². The number of nitrogens with zero attached hydrogens (tertiary/aromatic N) is 1. The van der Waals surface area contributed by atoms with Crippen LogP contribution in [0.5, 0.6) is 0 Å². The van der Waals surface area contributed by atoms with Crippen LogP contribution in [0.1, 0.15) is 33.1 Å². The summed E-state index contributed by atoms with van der Waals surface area (Å²) in [5.74, 6) is 0.403. The smallest absolute Gasteiger partial charge is 0.307 e. The van der Waals surface area contributed by atoms with Gasteiger partial charge in [0, 0.05) is 12.5 Å². The molecule has 0 aromatic rings. The molecule has 16 heavy (non-hydrogen) atoms. The molecule has 1 fully saturated rings. The van der Waals surface area contributed by atoms with Crippen LogP contribution in [0.25, 0.3) is 0 Å². The van der Waals surface area contributed by atoms with Crippen molar-refractivity contribution in [1.29, 1.82) is 0 Å². The molecular formula is C12H21NO3. The Morgan fingerprint density at radius 2 is 1.94 bits per heavy atom. The minimum atomic E-state index is -0.129. The van der Waals surface area contributed by atoms with Crippen LogP contribution < -0.4 is 0 Å². The number of piperidine rings is 1. The van der Waals surface area contributed by atoms with Crippen LogP contribution >= 0.6 is 0 Å². The molecule has 1 heterocycles. The van der Waals surface area contributed by atoms with Crippen molar-refractivity contribution < 1.29 is 14.3 Å². The first kappa shape index (κ1) is 13.2. The van der Waals surface area contributed by atoms with Crippen LogP contribution in [0.4, 0.5) is 0 Å². The number of ether oxygens (including phenoxy) is 1. The van der Waals surface area contributed by atoms with E-state index in [9.17, 15) is 9.59 Å². The SMILES string of the molecule is CCOC(=O)CCN1CCC(C(C)=O)CC1. The van der Waals surface area contributed by atoms with Gasteiger partial charge in [0.05, 0.1) is 13.0 Å². The zero-order valence-corrected chi connectivity index (χ0v) is 10.2. The van der Waals surface area contributed by atoms with Crippen molar-refractivity contribution in [2.24, 2.45) is 5.92 Å². The first-order valence-electron chi connectivity index (χ1n) is 6.02. The van der Waals surface area contributed by atoms with Crippen molar-refractivity contribution in [3.8, 4) is 0 Å². The number of hydrogen-bond acceptors (Lipinski definition) is 4. The molecule has 4 nitrogen and oxygen atoms in total. The van der Waals surface area contributed by atoms with Crippen molar-refractivity contribution in [3.63, 3.8) is 0 Å². The number of likely N-dealkylation sites (tertiary alicyclic amines) is 1. The largest absolute Gasteiger partial charge is 0.466 e. The van der Waals surface area contributed by atoms with Gasteiger partial charge in [-0.1, -0.05) is 0 Å². The summed E-state index contributed by atoms with van der Waals surface area (Å²) in [4.78, 5) is 24.6. The summed E-state index contributed by atoms with van der Waals surface area (Å²) in [6, 6.07) is 0. The normalized spacial score (nSPS) is 18.4. The maximum Gasteiger partial charge on any atom is 0.307 e. The third kappa shape index (κ3) is 4.31. The molecule has 0 aromatic heterocycles. The second-order valence-corrected chi connectivity index (χ2v) is 4.28. The predicted molar refractivity (Wildman–Crippen MR) is 61.1 cm³/mol. The van der Waals surface area contributed by atoms with E-state index in [1.54, 1.807) is 6.92 Å². The van der Waals surface area contributed by atoms with E-state index in [0.29, 0.717) is 18.8 Å². The van der Waals surface area contributed by atoms with Crippen molar-refractivity contribution in [1.82, 2.24) is 4.90 Å². The van der Waals surface area contributed by atoms with Gasteiger partial charge in [0.25, 0.3) is 0 Å². The Labute approximate surface area is 96.9 Å². The number of rotatable bonds is 5. The highest BCUT2D eigenvalue weighted by Crippen LogP contribution is 2.17. The lowest BCUT2D eigenvalue weighted by atomic mass is 9.93. The average Bonchev–Trinajstić information content (AvgIpc) is 2.27. The van der Waals surface area contributed by atoms with E-state index in [1.807, 2.05) is 6.92 Å². The van der Waals surface area contributed by atoms with E-state index in [2.05, 4.69) is 4.90 Å². The van der Waals surface area contributed by atoms with Crippen LogP contribution in [0.3, 0.4) is 0 Å². The average molecular weight is 227 g/mol. The Morgan fingerprint density at radius 3 is 2.44 bits per heavy atom. The maximum absolute atomic E-state index is 11.2. The van der Waals surface area contributed by atoms with Crippen LogP contribution in [-0.2, 0) is 14.3 Å². The van der Waals surface area contributed by atoms with Crippen molar-refractivity contribution >= 4 is 11.8 Å². The molecule has 0 unspecified atom stereocenters. The molecule has 0 aliphatic carbocycles. The Hall–Kier alpha value is -0.900. The molecule has 0 spiro atoms. The van der Waals surface area contributed by atoms with Gasteiger partial charge < -0.3 is 9.64 Å². The topological polar surface area (TPSA) is 46.6 Å². The molecule has 0 radical (unpaired) electrons. The van der Waals surface area contributed by atoms with E-state index in [-0.39, 0.29) is 11.9 Å². The molecule has 0 bridgehead atoms. The Morgan fingerprint density at radius 1 is 1.31 bits per heavy atom. The lowest BCUT2D eigenvalue weighted by Crippen LogP contribution is -2.37. The minimum Gasteiger partial charge on any atom is -0.466 e. The Bertz CT molecular complexity index is 245. The van der Waals surface area contributed by atoms with Crippen LogP contribution in [-0.4, -0.2) is 42.9 Å². The van der Waals surface area contributed by atoms with Crippen LogP contribution in [0.2, 0.25) is 0 Å². The third-order valence-corrected chi connectivity index (χ3v) is 3.10. The maximum atomic E-state index is 11.2. The molecule has 0 N–H and O–H groups in total. The van der Waals surface area contributed by atoms with E-state index in [0.717, 1.165) is 32.5 Å². The molecule has 92 valence electrons. The first-order valence-corrected chi connectivity index (χ1v) is 6.02. The lowest BCUT2D eigenvalue weighted by molar-refractivity contribution is -0.143. The van der Waals surface area contributed by atoms with Crippen LogP contribution in [0, 0.1) is 5.92 Å². The van der Waals surface area contributed by atoms with Gasteiger partial charge in [-0.15, -0.1) is 0 Å². The summed E-state index contributed by atoms with van der Waals surface area (Å²) in [6.07, 6.45) is 2.31. The summed E-state index contributed by atoms with van der Waals surface area (Å²) >= 11 is 0. The number of esters is 1. The first-order chi connectivity index (χ1) is 7.63. The molecule has 0 atom stereocenters. The molecule has 0 amide bonds. The summed E-state index contributed by atoms with van der Waals surface area (Å²) in [5.41, 5.74) is 0. The third-order valence-electron chi connectivity index (χ3n) is 3.10. The van der Waals surface area contributed by atoms with Crippen molar-refractivity contribution in [2.75, 3.05) is 26.2 Å². The van der Waals surface area contributed by atoms with Gasteiger partial charge in [-0.3, -0.25) is 9.59 Å². The van der Waals surface area contributed by atoms with Gasteiger partial charge in [-0.05, 0) is 39.8 Å². The summed E-state index contributed by atoms with van der Waals surface area (Å²) in [5, 5.41) is 0. The minimum absolute atomic E-state index is 0.129. The van der Waals surface area contributed by atoms with Crippen molar-refractivity contribution in [3.05, 3.63) is 0 Å². The molecule has 1 aliphatic heterocycles. The van der Waals surface area contributed by atoms with Gasteiger partial charge in [0.2, 0.25) is 0 Å². The summed E-state index contributed by atoms with van der Waals surface area (Å²) < 4.78 is 4.87.